The Morgan fingerprint density at radius 2 is 1.50 bits per heavy atom. The number of carboxylic acids is 1. The SMILES string of the molecule is C/C=C/C=C/C(=O)O.CCCCCCCCCC(C)=O. The highest BCUT2D eigenvalue weighted by Crippen LogP contribution is 2.08. The molecule has 0 aromatic heterocycles. The zero-order valence-electron chi connectivity index (χ0n) is 13.2. The Bertz CT molecular complexity index is 291. The Morgan fingerprint density at radius 1 is 0.950 bits per heavy atom. The van der Waals surface area contributed by atoms with Gasteiger partial charge in [0, 0.05) is 12.5 Å². The molecule has 20 heavy (non-hydrogen) atoms. The van der Waals surface area contributed by atoms with Crippen LogP contribution in [0, 0.1) is 0 Å². The lowest BCUT2D eigenvalue weighted by molar-refractivity contribution is -0.131. The fourth-order valence-electron chi connectivity index (χ4n) is 1.58. The van der Waals surface area contributed by atoms with E-state index in [-0.39, 0.29) is 0 Å². The van der Waals surface area contributed by atoms with E-state index in [0.29, 0.717) is 5.78 Å². The molecular weight excluding hydrogens is 252 g/mol. The van der Waals surface area contributed by atoms with Crippen LogP contribution in [0.4, 0.5) is 0 Å². The molecule has 1 N–H and O–H groups in total. The molecule has 0 unspecified atom stereocenters. The second-order valence-corrected chi connectivity index (χ2v) is 4.80. The lowest BCUT2D eigenvalue weighted by Gasteiger charge is -1.98. The lowest BCUT2D eigenvalue weighted by atomic mass is 10.1. The van der Waals surface area contributed by atoms with Gasteiger partial charge < -0.3 is 9.90 Å². The first-order valence-corrected chi connectivity index (χ1v) is 7.56. The van der Waals surface area contributed by atoms with Crippen LogP contribution in [-0.4, -0.2) is 16.9 Å². The minimum Gasteiger partial charge on any atom is -0.478 e. The summed E-state index contributed by atoms with van der Waals surface area (Å²) in [4.78, 5) is 20.3. The molecule has 0 aromatic rings. The van der Waals surface area contributed by atoms with Crippen LogP contribution < -0.4 is 0 Å². The number of unbranched alkanes of at least 4 members (excludes halogenated alkanes) is 6. The summed E-state index contributed by atoms with van der Waals surface area (Å²) in [6.07, 6.45) is 15.8. The van der Waals surface area contributed by atoms with Gasteiger partial charge in [0.1, 0.15) is 5.78 Å². The van der Waals surface area contributed by atoms with E-state index >= 15 is 0 Å². The molecule has 3 heteroatoms. The summed E-state index contributed by atoms with van der Waals surface area (Å²) in [7, 11) is 0. The molecule has 116 valence electrons. The van der Waals surface area contributed by atoms with Crippen molar-refractivity contribution >= 4 is 11.8 Å². The number of carbonyl (C=O) groups is 2. The molecule has 0 heterocycles. The van der Waals surface area contributed by atoms with Gasteiger partial charge in [0.15, 0.2) is 0 Å². The second kappa shape index (κ2) is 17.6. The van der Waals surface area contributed by atoms with Gasteiger partial charge in [-0.1, -0.05) is 63.7 Å². The quantitative estimate of drug-likeness (QED) is 0.351. The Morgan fingerprint density at radius 3 is 1.95 bits per heavy atom. The van der Waals surface area contributed by atoms with E-state index in [1.54, 1.807) is 19.1 Å². The van der Waals surface area contributed by atoms with Gasteiger partial charge in [-0.15, -0.1) is 0 Å². The average molecular weight is 282 g/mol. The lowest BCUT2D eigenvalue weighted by Crippen LogP contribution is -1.89. The van der Waals surface area contributed by atoms with E-state index in [9.17, 15) is 9.59 Å². The molecular formula is C17H30O3. The summed E-state index contributed by atoms with van der Waals surface area (Å²) in [6.45, 7) is 5.74. The van der Waals surface area contributed by atoms with Crippen LogP contribution in [0.3, 0.4) is 0 Å². The van der Waals surface area contributed by atoms with Gasteiger partial charge in [-0.2, -0.15) is 0 Å². The minimum atomic E-state index is -0.914. The van der Waals surface area contributed by atoms with Crippen LogP contribution in [0.1, 0.15) is 72.1 Å². The number of rotatable bonds is 10. The topological polar surface area (TPSA) is 54.4 Å². The Kier molecular flexibility index (Phi) is 18.4. The second-order valence-electron chi connectivity index (χ2n) is 4.80. The maximum atomic E-state index is 10.6. The molecule has 0 aliphatic heterocycles. The van der Waals surface area contributed by atoms with E-state index < -0.39 is 5.97 Å². The van der Waals surface area contributed by atoms with E-state index in [1.165, 1.54) is 44.6 Å². The highest BCUT2D eigenvalue weighted by atomic mass is 16.4. The fraction of sp³-hybridized carbons (Fsp3) is 0.647. The number of carbonyl (C=O) groups excluding carboxylic acids is 1. The molecule has 0 spiro atoms. The number of hydrogen-bond donors (Lipinski definition) is 1. The molecule has 0 radical (unpaired) electrons. The summed E-state index contributed by atoms with van der Waals surface area (Å²) in [5.41, 5.74) is 0. The average Bonchev–Trinajstić information content (AvgIpc) is 2.38. The van der Waals surface area contributed by atoms with Crippen molar-refractivity contribution in [2.45, 2.75) is 72.1 Å². The minimum absolute atomic E-state index is 0.337. The van der Waals surface area contributed by atoms with E-state index in [0.717, 1.165) is 18.9 Å². The third kappa shape index (κ3) is 25.5. The fourth-order valence-corrected chi connectivity index (χ4v) is 1.58. The van der Waals surface area contributed by atoms with Gasteiger partial charge in [0.05, 0.1) is 0 Å². The van der Waals surface area contributed by atoms with Crippen molar-refractivity contribution in [3.05, 3.63) is 24.3 Å². The molecule has 0 amide bonds. The maximum absolute atomic E-state index is 10.6. The van der Waals surface area contributed by atoms with Crippen LogP contribution in [0.5, 0.6) is 0 Å². The van der Waals surface area contributed by atoms with Crippen LogP contribution in [0.15, 0.2) is 24.3 Å². The van der Waals surface area contributed by atoms with Crippen molar-refractivity contribution in [2.75, 3.05) is 0 Å². The van der Waals surface area contributed by atoms with Crippen molar-refractivity contribution in [1.29, 1.82) is 0 Å². The smallest absolute Gasteiger partial charge is 0.328 e. The van der Waals surface area contributed by atoms with Crippen molar-refractivity contribution < 1.29 is 14.7 Å². The first kappa shape index (κ1) is 20.9. The third-order valence-corrected chi connectivity index (χ3v) is 2.67. The number of ketones is 1. The molecule has 0 aliphatic rings. The predicted molar refractivity (Wildman–Crippen MR) is 84.9 cm³/mol. The number of allylic oxidation sites excluding steroid dienone is 3. The molecule has 3 nitrogen and oxygen atoms in total. The van der Waals surface area contributed by atoms with Gasteiger partial charge in [-0.25, -0.2) is 4.79 Å². The van der Waals surface area contributed by atoms with Crippen molar-refractivity contribution in [3.63, 3.8) is 0 Å². The normalized spacial score (nSPS) is 10.6. The van der Waals surface area contributed by atoms with Gasteiger partial charge >= 0.3 is 5.97 Å². The Labute approximate surface area is 123 Å². The van der Waals surface area contributed by atoms with Crippen LogP contribution >= 0.6 is 0 Å². The molecule has 0 rings (SSSR count). The first-order valence-electron chi connectivity index (χ1n) is 7.56. The summed E-state index contributed by atoms with van der Waals surface area (Å²) in [5, 5.41) is 8.02. The number of Topliss-reactive ketones (excluding diaryl/α,β-unsaturated/α-hetero) is 1. The van der Waals surface area contributed by atoms with Crippen molar-refractivity contribution in [3.8, 4) is 0 Å². The monoisotopic (exact) mass is 282 g/mol. The third-order valence-electron chi connectivity index (χ3n) is 2.67. The summed E-state index contributed by atoms with van der Waals surface area (Å²) in [5.74, 6) is -0.577. The molecule has 0 bridgehead atoms. The maximum Gasteiger partial charge on any atom is 0.328 e. The molecule has 0 fully saturated rings. The molecule has 0 atom stereocenters. The Hall–Kier alpha value is -1.38. The van der Waals surface area contributed by atoms with E-state index in [1.807, 2.05) is 6.92 Å². The highest BCUT2D eigenvalue weighted by molar-refractivity contribution is 5.80. The first-order chi connectivity index (χ1) is 9.54. The van der Waals surface area contributed by atoms with Crippen molar-refractivity contribution in [2.24, 2.45) is 0 Å². The summed E-state index contributed by atoms with van der Waals surface area (Å²) < 4.78 is 0. The molecule has 0 aromatic carbocycles. The van der Waals surface area contributed by atoms with Gasteiger partial charge in [0.25, 0.3) is 0 Å². The largest absolute Gasteiger partial charge is 0.478 e. The van der Waals surface area contributed by atoms with Gasteiger partial charge in [0.2, 0.25) is 0 Å². The van der Waals surface area contributed by atoms with Gasteiger partial charge in [-0.3, -0.25) is 0 Å². The zero-order chi connectivity index (χ0) is 15.6. The Balaban J connectivity index is 0. The molecule has 0 aliphatic carbocycles. The predicted octanol–water partition coefficient (Wildman–Crippen LogP) is 4.92. The van der Waals surface area contributed by atoms with Crippen LogP contribution in [-0.2, 0) is 9.59 Å². The number of carboxylic acid groups (broad SMARTS) is 1. The standard InChI is InChI=1S/C11H22O.C6H8O2/c1-3-4-5-6-7-8-9-10-11(2)12;1-2-3-4-5-6(7)8/h3-10H2,1-2H3;2-5H,1H3,(H,7,8)/b;3-2+,5-4+. The summed E-state index contributed by atoms with van der Waals surface area (Å²) in [6, 6.07) is 0. The van der Waals surface area contributed by atoms with E-state index in [4.69, 9.17) is 5.11 Å². The number of hydrogen-bond acceptors (Lipinski definition) is 2. The van der Waals surface area contributed by atoms with Gasteiger partial charge in [-0.05, 0) is 20.3 Å². The summed E-state index contributed by atoms with van der Waals surface area (Å²) >= 11 is 0. The molecule has 0 saturated heterocycles. The van der Waals surface area contributed by atoms with Crippen LogP contribution in [0.25, 0.3) is 0 Å². The number of aliphatic carboxylic acids is 1. The van der Waals surface area contributed by atoms with Crippen molar-refractivity contribution in [1.82, 2.24) is 0 Å². The molecule has 0 saturated carbocycles. The highest BCUT2D eigenvalue weighted by Gasteiger charge is 1.93. The van der Waals surface area contributed by atoms with E-state index in [2.05, 4.69) is 6.92 Å². The van der Waals surface area contributed by atoms with Crippen LogP contribution in [0.2, 0.25) is 0 Å². The zero-order valence-corrected chi connectivity index (χ0v) is 13.2.